The molecule has 1 amide bonds. The van der Waals surface area contributed by atoms with Crippen LogP contribution < -0.4 is 5.32 Å². The third-order valence-electron chi connectivity index (χ3n) is 3.47. The lowest BCUT2D eigenvalue weighted by Gasteiger charge is -2.10. The Morgan fingerprint density at radius 1 is 1.35 bits per heavy atom. The molecule has 6 nitrogen and oxygen atoms in total. The largest absolute Gasteiger partial charge is 0.360 e. The smallest absolute Gasteiger partial charge is 0.238 e. The molecule has 0 bridgehead atoms. The molecule has 0 saturated carbocycles. The number of aromatic nitrogens is 3. The molecule has 23 heavy (non-hydrogen) atoms. The molecule has 0 aromatic carbocycles. The number of hydrogen-bond acceptors (Lipinski definition) is 7. The maximum Gasteiger partial charge on any atom is 0.238 e. The van der Waals surface area contributed by atoms with E-state index >= 15 is 0 Å². The predicted octanol–water partition coefficient (Wildman–Crippen LogP) is 3.72. The summed E-state index contributed by atoms with van der Waals surface area (Å²) in [5.74, 6) is 0.942. The van der Waals surface area contributed by atoms with Crippen LogP contribution in [0.25, 0.3) is 10.2 Å². The first-order valence-corrected chi connectivity index (χ1v) is 8.77. The minimum atomic E-state index is -0.315. The van der Waals surface area contributed by atoms with Gasteiger partial charge in [-0.1, -0.05) is 16.9 Å². The summed E-state index contributed by atoms with van der Waals surface area (Å²) in [5.41, 5.74) is 1.17. The van der Waals surface area contributed by atoms with Crippen LogP contribution in [-0.2, 0) is 4.79 Å². The Labute approximate surface area is 141 Å². The summed E-state index contributed by atoms with van der Waals surface area (Å²) in [6, 6.07) is 1.69. The molecule has 3 rings (SSSR count). The van der Waals surface area contributed by atoms with Crippen LogP contribution in [0.3, 0.4) is 0 Å². The number of nitrogens with one attached hydrogen (secondary N) is 1. The summed E-state index contributed by atoms with van der Waals surface area (Å²) < 4.78 is 4.95. The van der Waals surface area contributed by atoms with E-state index in [0.717, 1.165) is 15.2 Å². The summed E-state index contributed by atoms with van der Waals surface area (Å²) in [6.45, 7) is 7.75. The van der Waals surface area contributed by atoms with Gasteiger partial charge in [0, 0.05) is 16.3 Å². The Hall–Kier alpha value is -1.93. The van der Waals surface area contributed by atoms with Crippen LogP contribution in [0.2, 0.25) is 0 Å². The van der Waals surface area contributed by atoms with Gasteiger partial charge in [0.25, 0.3) is 0 Å². The Morgan fingerprint density at radius 3 is 2.83 bits per heavy atom. The van der Waals surface area contributed by atoms with Gasteiger partial charge in [-0.3, -0.25) is 4.79 Å². The van der Waals surface area contributed by atoms with Gasteiger partial charge in [-0.25, -0.2) is 9.97 Å². The number of carbonyl (C=O) groups excluding carboxylic acids is 1. The second-order valence-corrected chi connectivity index (χ2v) is 7.75. The number of hydrogen-bond donors (Lipinski definition) is 1. The Kier molecular flexibility index (Phi) is 4.36. The van der Waals surface area contributed by atoms with Crippen LogP contribution in [-0.4, -0.2) is 26.3 Å². The number of amides is 1. The summed E-state index contributed by atoms with van der Waals surface area (Å²) in [7, 11) is 0. The second kappa shape index (κ2) is 6.29. The first kappa shape index (κ1) is 15.9. The standard InChI is InChI=1S/C15H16N4O2S2/c1-7-5-11(19-21-7)18-13(20)10(4)23-15-12-8(2)9(3)22-14(12)16-6-17-15/h5-6,10H,1-4H3,(H,18,19,20)/t10-/m1/s1. The van der Waals surface area contributed by atoms with Gasteiger partial charge in [-0.05, 0) is 33.3 Å². The van der Waals surface area contributed by atoms with E-state index in [9.17, 15) is 4.79 Å². The molecule has 0 aliphatic carbocycles. The summed E-state index contributed by atoms with van der Waals surface area (Å²) in [6.07, 6.45) is 1.55. The average Bonchev–Trinajstić information content (AvgIpc) is 3.03. The lowest BCUT2D eigenvalue weighted by atomic mass is 10.2. The van der Waals surface area contributed by atoms with E-state index in [0.29, 0.717) is 11.6 Å². The van der Waals surface area contributed by atoms with E-state index < -0.39 is 0 Å². The number of aryl methyl sites for hydroxylation is 3. The number of anilines is 1. The Bertz CT molecular complexity index is 872. The molecule has 0 saturated heterocycles. The molecule has 8 heteroatoms. The van der Waals surface area contributed by atoms with Crippen molar-refractivity contribution in [1.29, 1.82) is 0 Å². The van der Waals surface area contributed by atoms with Gasteiger partial charge in [0.15, 0.2) is 5.82 Å². The van der Waals surface area contributed by atoms with E-state index in [1.54, 1.807) is 30.7 Å². The number of carbonyl (C=O) groups is 1. The van der Waals surface area contributed by atoms with Crippen molar-refractivity contribution in [2.24, 2.45) is 0 Å². The minimum Gasteiger partial charge on any atom is -0.360 e. The second-order valence-electron chi connectivity index (χ2n) is 5.21. The topological polar surface area (TPSA) is 80.9 Å². The molecule has 3 heterocycles. The van der Waals surface area contributed by atoms with Gasteiger partial charge in [0.2, 0.25) is 5.91 Å². The van der Waals surface area contributed by atoms with Gasteiger partial charge in [0.05, 0.1) is 5.25 Å². The number of thioether (sulfide) groups is 1. The summed E-state index contributed by atoms with van der Waals surface area (Å²) in [5, 5.41) is 8.07. The van der Waals surface area contributed by atoms with Crippen molar-refractivity contribution < 1.29 is 9.32 Å². The van der Waals surface area contributed by atoms with Crippen molar-refractivity contribution in [3.8, 4) is 0 Å². The molecular weight excluding hydrogens is 332 g/mol. The molecule has 0 spiro atoms. The molecule has 1 atom stereocenters. The molecular formula is C15H16N4O2S2. The maximum absolute atomic E-state index is 12.3. The van der Waals surface area contributed by atoms with Crippen LogP contribution in [0.4, 0.5) is 5.82 Å². The van der Waals surface area contributed by atoms with Crippen molar-refractivity contribution in [1.82, 2.24) is 15.1 Å². The van der Waals surface area contributed by atoms with Crippen LogP contribution in [0.15, 0.2) is 21.9 Å². The maximum atomic E-state index is 12.3. The van der Waals surface area contributed by atoms with Crippen LogP contribution >= 0.6 is 23.1 Å². The van der Waals surface area contributed by atoms with Crippen molar-refractivity contribution in [3.63, 3.8) is 0 Å². The minimum absolute atomic E-state index is 0.139. The van der Waals surface area contributed by atoms with E-state index in [4.69, 9.17) is 4.52 Å². The summed E-state index contributed by atoms with van der Waals surface area (Å²) in [4.78, 5) is 23.1. The molecule has 1 N–H and O–H groups in total. The highest BCUT2D eigenvalue weighted by molar-refractivity contribution is 8.00. The van der Waals surface area contributed by atoms with E-state index in [1.165, 1.54) is 22.2 Å². The van der Waals surface area contributed by atoms with E-state index in [1.807, 2.05) is 6.92 Å². The fourth-order valence-electron chi connectivity index (χ4n) is 2.11. The van der Waals surface area contributed by atoms with Crippen LogP contribution in [0.5, 0.6) is 0 Å². The molecule has 0 unspecified atom stereocenters. The van der Waals surface area contributed by atoms with Gasteiger partial charge in [0.1, 0.15) is 21.9 Å². The molecule has 120 valence electrons. The number of nitrogens with zero attached hydrogens (tertiary/aromatic N) is 3. The lowest BCUT2D eigenvalue weighted by molar-refractivity contribution is -0.115. The number of fused-ring (bicyclic) bond motifs is 1. The monoisotopic (exact) mass is 348 g/mol. The molecule has 0 radical (unpaired) electrons. The molecule has 0 fully saturated rings. The Balaban J connectivity index is 1.80. The fraction of sp³-hybridized carbons (Fsp3) is 0.333. The van der Waals surface area contributed by atoms with Gasteiger partial charge >= 0.3 is 0 Å². The third-order valence-corrected chi connectivity index (χ3v) is 5.68. The molecule has 0 aliphatic heterocycles. The van der Waals surface area contributed by atoms with Gasteiger partial charge < -0.3 is 9.84 Å². The van der Waals surface area contributed by atoms with Crippen molar-refractivity contribution in [2.45, 2.75) is 38.0 Å². The first-order chi connectivity index (χ1) is 11.0. The van der Waals surface area contributed by atoms with E-state index in [2.05, 4.69) is 34.3 Å². The summed E-state index contributed by atoms with van der Waals surface area (Å²) >= 11 is 3.07. The average molecular weight is 348 g/mol. The van der Waals surface area contributed by atoms with Gasteiger partial charge in [-0.2, -0.15) is 0 Å². The quantitative estimate of drug-likeness (QED) is 0.571. The zero-order valence-corrected chi connectivity index (χ0v) is 14.8. The van der Waals surface area contributed by atoms with Crippen molar-refractivity contribution in [3.05, 3.63) is 28.6 Å². The zero-order valence-electron chi connectivity index (χ0n) is 13.2. The van der Waals surface area contributed by atoms with Crippen molar-refractivity contribution in [2.75, 3.05) is 5.32 Å². The number of thiophene rings is 1. The van der Waals surface area contributed by atoms with E-state index in [-0.39, 0.29) is 11.2 Å². The van der Waals surface area contributed by atoms with Crippen LogP contribution in [0, 0.1) is 20.8 Å². The van der Waals surface area contributed by atoms with Crippen LogP contribution in [0.1, 0.15) is 23.1 Å². The normalized spacial score (nSPS) is 12.5. The highest BCUT2D eigenvalue weighted by atomic mass is 32.2. The SMILES string of the molecule is Cc1cc(NC(=O)[C@@H](C)Sc2ncnc3sc(C)c(C)c23)no1. The first-order valence-electron chi connectivity index (χ1n) is 7.07. The zero-order chi connectivity index (χ0) is 16.6. The van der Waals surface area contributed by atoms with Crippen molar-refractivity contribution >= 4 is 45.0 Å². The molecule has 3 aromatic rings. The number of rotatable bonds is 4. The molecule has 0 aliphatic rings. The Morgan fingerprint density at radius 2 is 2.13 bits per heavy atom. The highest BCUT2D eigenvalue weighted by Crippen LogP contribution is 2.36. The molecule has 3 aromatic heterocycles. The van der Waals surface area contributed by atoms with Gasteiger partial charge in [-0.15, -0.1) is 11.3 Å². The third kappa shape index (κ3) is 3.23. The predicted molar refractivity (Wildman–Crippen MR) is 92.1 cm³/mol. The highest BCUT2D eigenvalue weighted by Gasteiger charge is 2.20. The lowest BCUT2D eigenvalue weighted by Crippen LogP contribution is -2.22. The fourth-order valence-corrected chi connectivity index (χ4v) is 4.15.